The van der Waals surface area contributed by atoms with Gasteiger partial charge in [-0.3, -0.25) is 0 Å². The van der Waals surface area contributed by atoms with Gasteiger partial charge in [0.2, 0.25) is 0 Å². The Morgan fingerprint density at radius 1 is 0.308 bits per heavy atom. The third-order valence-corrected chi connectivity index (χ3v) is 8.85. The molecule has 0 saturated heterocycles. The molecule has 0 aliphatic carbocycles. The van der Waals surface area contributed by atoms with E-state index in [2.05, 4.69) is 134 Å². The number of benzene rings is 9. The van der Waals surface area contributed by atoms with Gasteiger partial charge in [-0.15, -0.1) is 0 Å². The fourth-order valence-electron chi connectivity index (χ4n) is 6.99. The molecule has 0 aliphatic rings. The number of aryl methyl sites for hydroxylation is 1. The maximum atomic E-state index is 2.34. The number of hydrogen-bond donors (Lipinski definition) is 0. The third-order valence-electron chi connectivity index (χ3n) is 8.85. The lowest BCUT2D eigenvalue weighted by Crippen LogP contribution is -1.91. The molecule has 0 atom stereocenters. The van der Waals surface area contributed by atoms with Gasteiger partial charge in [0.1, 0.15) is 0 Å². The van der Waals surface area contributed by atoms with Gasteiger partial charge in [0.15, 0.2) is 0 Å². The van der Waals surface area contributed by atoms with Crippen molar-refractivity contribution in [1.29, 1.82) is 0 Å². The van der Waals surface area contributed by atoms with Crippen molar-refractivity contribution in [3.8, 4) is 22.3 Å². The van der Waals surface area contributed by atoms with Crippen molar-refractivity contribution in [1.82, 2.24) is 0 Å². The van der Waals surface area contributed by atoms with Crippen LogP contribution in [0.25, 0.3) is 86.9 Å². The van der Waals surface area contributed by atoms with E-state index in [1.54, 1.807) is 0 Å². The molecule has 0 amide bonds. The molecule has 0 heteroatoms. The minimum absolute atomic E-state index is 1.27. The largest absolute Gasteiger partial charge is 0.0610 e. The van der Waals surface area contributed by atoms with Crippen LogP contribution in [0.5, 0.6) is 0 Å². The van der Waals surface area contributed by atoms with Gasteiger partial charge in [-0.25, -0.2) is 0 Å². The Morgan fingerprint density at radius 2 is 0.692 bits per heavy atom. The first kappa shape index (κ1) is 21.0. The molecule has 0 aromatic heterocycles. The second kappa shape index (κ2) is 7.56. The molecule has 0 N–H and O–H groups in total. The van der Waals surface area contributed by atoms with Crippen molar-refractivity contribution in [3.05, 3.63) is 133 Å². The van der Waals surface area contributed by atoms with E-state index in [1.807, 2.05) is 0 Å². The topological polar surface area (TPSA) is 0 Å². The molecule has 0 heterocycles. The summed E-state index contributed by atoms with van der Waals surface area (Å²) in [6.45, 7) is 2.15. The van der Waals surface area contributed by atoms with Crippen LogP contribution in [0.2, 0.25) is 0 Å². The number of rotatable bonds is 2. The van der Waals surface area contributed by atoms with Crippen LogP contribution in [-0.2, 0) is 0 Å². The first-order valence-corrected chi connectivity index (χ1v) is 13.7. The monoisotopic (exact) mass is 492 g/mol. The fraction of sp³-hybridized carbons (Fsp3) is 0.0256. The molecule has 0 unspecified atom stereocenters. The molecule has 0 radical (unpaired) electrons. The number of hydrogen-bond acceptors (Lipinski definition) is 0. The quantitative estimate of drug-likeness (QED) is 0.211. The summed E-state index contributed by atoms with van der Waals surface area (Å²) in [5.41, 5.74) is 6.46. The lowest BCUT2D eigenvalue weighted by molar-refractivity contribution is 1.47. The van der Waals surface area contributed by atoms with Gasteiger partial charge < -0.3 is 0 Å². The van der Waals surface area contributed by atoms with E-state index in [9.17, 15) is 0 Å². The van der Waals surface area contributed by atoms with Crippen LogP contribution in [0.15, 0.2) is 127 Å². The zero-order valence-corrected chi connectivity index (χ0v) is 21.6. The Hall–Kier alpha value is -4.94. The molecular formula is C39H24. The average molecular weight is 493 g/mol. The highest BCUT2D eigenvalue weighted by atomic mass is 14.2. The maximum Gasteiger partial charge on any atom is -0.00203 e. The molecule has 9 rings (SSSR count). The first-order valence-electron chi connectivity index (χ1n) is 13.7. The predicted octanol–water partition coefficient (Wildman–Crippen LogP) is 11.1. The van der Waals surface area contributed by atoms with E-state index in [0.717, 1.165) is 0 Å². The first-order chi connectivity index (χ1) is 19.2. The molecule has 0 bridgehead atoms. The van der Waals surface area contributed by atoms with E-state index in [-0.39, 0.29) is 0 Å². The molecule has 0 aliphatic heterocycles. The van der Waals surface area contributed by atoms with E-state index in [1.165, 1.54) is 92.5 Å². The van der Waals surface area contributed by atoms with Gasteiger partial charge in [0.05, 0.1) is 0 Å². The van der Waals surface area contributed by atoms with Crippen LogP contribution in [0.3, 0.4) is 0 Å². The molecule has 0 saturated carbocycles. The van der Waals surface area contributed by atoms with Crippen molar-refractivity contribution < 1.29 is 0 Å². The van der Waals surface area contributed by atoms with Crippen molar-refractivity contribution in [2.45, 2.75) is 6.92 Å². The van der Waals surface area contributed by atoms with Crippen LogP contribution in [0.4, 0.5) is 0 Å². The summed E-state index contributed by atoms with van der Waals surface area (Å²) in [7, 11) is 0. The Kier molecular flexibility index (Phi) is 4.08. The highest BCUT2D eigenvalue weighted by Gasteiger charge is 2.17. The van der Waals surface area contributed by atoms with Gasteiger partial charge in [-0.1, -0.05) is 133 Å². The van der Waals surface area contributed by atoms with Gasteiger partial charge in [-0.05, 0) is 93.8 Å². The van der Waals surface area contributed by atoms with Gasteiger partial charge in [-0.2, -0.15) is 0 Å². The fourth-order valence-corrected chi connectivity index (χ4v) is 6.99. The van der Waals surface area contributed by atoms with E-state index in [4.69, 9.17) is 0 Å². The van der Waals surface area contributed by atoms with E-state index < -0.39 is 0 Å². The smallest absolute Gasteiger partial charge is 0.00203 e. The second-order valence-corrected chi connectivity index (χ2v) is 11.0. The lowest BCUT2D eigenvalue weighted by Gasteiger charge is -2.18. The molecule has 39 heavy (non-hydrogen) atoms. The minimum atomic E-state index is 1.27. The molecule has 180 valence electrons. The summed E-state index contributed by atoms with van der Waals surface area (Å²) in [5, 5.41) is 15.9. The van der Waals surface area contributed by atoms with Crippen LogP contribution in [0.1, 0.15) is 5.56 Å². The van der Waals surface area contributed by atoms with Gasteiger partial charge in [0, 0.05) is 0 Å². The zero-order chi connectivity index (χ0) is 25.7. The highest BCUT2D eigenvalue weighted by Crippen LogP contribution is 2.45. The highest BCUT2D eigenvalue weighted by molar-refractivity contribution is 6.30. The summed E-state index contributed by atoms with van der Waals surface area (Å²) >= 11 is 0. The van der Waals surface area contributed by atoms with Crippen LogP contribution in [-0.4, -0.2) is 0 Å². The summed E-state index contributed by atoms with van der Waals surface area (Å²) in [4.78, 5) is 0. The lowest BCUT2D eigenvalue weighted by atomic mass is 9.85. The predicted molar refractivity (Wildman–Crippen MR) is 169 cm³/mol. The van der Waals surface area contributed by atoms with Crippen molar-refractivity contribution in [2.75, 3.05) is 0 Å². The van der Waals surface area contributed by atoms with Gasteiger partial charge >= 0.3 is 0 Å². The minimum Gasteiger partial charge on any atom is -0.0610 e. The second-order valence-electron chi connectivity index (χ2n) is 11.0. The summed E-state index contributed by atoms with van der Waals surface area (Å²) in [5.74, 6) is 0. The maximum absolute atomic E-state index is 2.34. The van der Waals surface area contributed by atoms with Crippen molar-refractivity contribution >= 4 is 64.6 Å². The standard InChI is InChI=1S/C39H24/c1-23-5-7-24(8-6-23)30-17-11-28-16-22-35-32(19-13-29-15-20-33(30)38(28)39(29)35)31-18-12-27-10-9-25-3-2-4-26-14-21-34(31)37(27)36(25)26/h2-22H,1H3. The van der Waals surface area contributed by atoms with Crippen molar-refractivity contribution in [2.24, 2.45) is 0 Å². The molecular weight excluding hydrogens is 468 g/mol. The molecule has 9 aromatic rings. The molecule has 9 aromatic carbocycles. The summed E-state index contributed by atoms with van der Waals surface area (Å²) in [6.07, 6.45) is 0. The Balaban J connectivity index is 1.38. The van der Waals surface area contributed by atoms with Crippen molar-refractivity contribution in [3.63, 3.8) is 0 Å². The normalized spacial score (nSPS) is 12.2. The Morgan fingerprint density at radius 3 is 1.23 bits per heavy atom. The molecule has 0 nitrogen and oxygen atoms in total. The van der Waals surface area contributed by atoms with Crippen LogP contribution < -0.4 is 0 Å². The van der Waals surface area contributed by atoms with E-state index in [0.29, 0.717) is 0 Å². The van der Waals surface area contributed by atoms with Crippen LogP contribution in [0, 0.1) is 6.92 Å². The average Bonchev–Trinajstić information content (AvgIpc) is 2.99. The Labute approximate surface area is 226 Å². The van der Waals surface area contributed by atoms with E-state index >= 15 is 0 Å². The molecule has 0 spiro atoms. The zero-order valence-electron chi connectivity index (χ0n) is 21.6. The summed E-state index contributed by atoms with van der Waals surface area (Å²) in [6, 6.07) is 47.8. The Bertz CT molecular complexity index is 2360. The van der Waals surface area contributed by atoms with Crippen LogP contribution >= 0.6 is 0 Å². The molecule has 0 fully saturated rings. The summed E-state index contributed by atoms with van der Waals surface area (Å²) < 4.78 is 0. The SMILES string of the molecule is Cc1ccc(-c2ccc3ccc4c(-c5ccc6ccc7cccc8ccc5c6c78)ccc5ccc2c3c54)cc1. The third kappa shape index (κ3) is 2.84. The van der Waals surface area contributed by atoms with Gasteiger partial charge in [0.25, 0.3) is 0 Å².